The third-order valence-electron chi connectivity index (χ3n) is 2.65. The molecule has 1 aromatic heterocycles. The van der Waals surface area contributed by atoms with Gasteiger partial charge in [-0.05, 0) is 18.2 Å². The molecule has 25 heavy (non-hydrogen) atoms. The van der Waals surface area contributed by atoms with E-state index in [9.17, 15) is 27.9 Å². The number of benzene rings is 1. The predicted octanol–water partition coefficient (Wildman–Crippen LogP) is 0.621. The number of carbonyl (C=O) groups is 1. The molecular weight excluding hydrogens is 358 g/mol. The Balaban J connectivity index is 1.89. The molecule has 11 nitrogen and oxygen atoms in total. The van der Waals surface area contributed by atoms with Crippen molar-refractivity contribution in [2.75, 3.05) is 6.61 Å². The number of para-hydroxylation sites is 2. The van der Waals surface area contributed by atoms with E-state index in [1.165, 1.54) is 30.3 Å². The van der Waals surface area contributed by atoms with Gasteiger partial charge in [-0.25, -0.2) is 13.8 Å². The minimum atomic E-state index is -4.71. The van der Waals surface area contributed by atoms with Crippen LogP contribution < -0.4 is 10.2 Å². The van der Waals surface area contributed by atoms with E-state index in [2.05, 4.69) is 5.10 Å². The highest BCUT2D eigenvalue weighted by molar-refractivity contribution is 7.85. The second-order valence-electron chi connectivity index (χ2n) is 4.42. The summed E-state index contributed by atoms with van der Waals surface area (Å²) in [6, 6.07) is 7.64. The lowest BCUT2D eigenvalue weighted by Crippen LogP contribution is -2.24. The number of nitrogens with zero attached hydrogens (tertiary/aromatic N) is 2. The molecule has 0 aliphatic heterocycles. The maximum absolute atomic E-state index is 11.6. The third kappa shape index (κ3) is 5.12. The first-order chi connectivity index (χ1) is 11.8. The normalized spacial score (nSPS) is 11.4. The number of nitro benzene ring substituents is 1. The molecule has 0 atom stereocenters. The Morgan fingerprint density at radius 3 is 2.68 bits per heavy atom. The zero-order valence-electron chi connectivity index (χ0n) is 12.3. The Labute approximate surface area is 140 Å². The van der Waals surface area contributed by atoms with Crippen LogP contribution in [0.2, 0.25) is 0 Å². The van der Waals surface area contributed by atoms with Crippen LogP contribution >= 0.6 is 0 Å². The highest BCUT2D eigenvalue weighted by atomic mass is 32.2. The van der Waals surface area contributed by atoms with E-state index in [0.717, 1.165) is 12.3 Å². The number of hydrogen-bond acceptors (Lipinski definition) is 9. The van der Waals surface area contributed by atoms with Gasteiger partial charge in [0, 0.05) is 6.07 Å². The Morgan fingerprint density at radius 1 is 1.32 bits per heavy atom. The highest BCUT2D eigenvalue weighted by Crippen LogP contribution is 2.25. The highest BCUT2D eigenvalue weighted by Gasteiger charge is 2.14. The molecule has 0 aliphatic carbocycles. The van der Waals surface area contributed by atoms with Crippen molar-refractivity contribution in [3.05, 3.63) is 52.3 Å². The number of hydrogen-bond donors (Lipinski definition) is 1. The van der Waals surface area contributed by atoms with Crippen molar-refractivity contribution < 1.29 is 31.8 Å². The molecule has 1 aromatic carbocycles. The molecule has 0 unspecified atom stereocenters. The maximum Gasteiger partial charge on any atom is 0.310 e. The Morgan fingerprint density at radius 2 is 2.04 bits per heavy atom. The van der Waals surface area contributed by atoms with E-state index in [1.807, 2.05) is 5.43 Å². The molecule has 0 spiro atoms. The number of nitrogens with one attached hydrogen (secondary N) is 1. The SMILES string of the molecule is O=C(COc1ccccc1[N+](=O)[O-])NN=Cc1ccc(S(=O)(=O)[O-])o1. The molecule has 132 valence electrons. The zero-order chi connectivity index (χ0) is 18.4. The zero-order valence-corrected chi connectivity index (χ0v) is 13.1. The van der Waals surface area contributed by atoms with Crippen LogP contribution in [0.25, 0.3) is 0 Å². The fourth-order valence-corrected chi connectivity index (χ4v) is 2.04. The number of hydrazone groups is 1. The van der Waals surface area contributed by atoms with E-state index in [-0.39, 0.29) is 17.2 Å². The smallest absolute Gasteiger partial charge is 0.310 e. The molecule has 1 amide bonds. The van der Waals surface area contributed by atoms with Gasteiger partial charge in [-0.15, -0.1) is 0 Å². The predicted molar refractivity (Wildman–Crippen MR) is 81.0 cm³/mol. The van der Waals surface area contributed by atoms with Crippen molar-refractivity contribution in [1.29, 1.82) is 0 Å². The van der Waals surface area contributed by atoms with Crippen LogP contribution in [0.4, 0.5) is 5.69 Å². The van der Waals surface area contributed by atoms with Crippen LogP contribution in [0, 0.1) is 10.1 Å². The van der Waals surface area contributed by atoms with Gasteiger partial charge in [0.05, 0.1) is 11.1 Å². The molecule has 0 aliphatic rings. The van der Waals surface area contributed by atoms with Gasteiger partial charge in [0.1, 0.15) is 5.76 Å². The number of amides is 1. The van der Waals surface area contributed by atoms with Crippen molar-refractivity contribution in [2.45, 2.75) is 5.09 Å². The molecule has 0 saturated heterocycles. The lowest BCUT2D eigenvalue weighted by atomic mass is 10.3. The van der Waals surface area contributed by atoms with Crippen molar-refractivity contribution in [2.24, 2.45) is 5.10 Å². The minimum absolute atomic E-state index is 0.0747. The third-order valence-corrected chi connectivity index (χ3v) is 3.36. The van der Waals surface area contributed by atoms with Crippen molar-refractivity contribution in [3.8, 4) is 5.75 Å². The average molecular weight is 368 g/mol. The molecule has 0 bridgehead atoms. The van der Waals surface area contributed by atoms with E-state index < -0.39 is 32.6 Å². The van der Waals surface area contributed by atoms with Gasteiger partial charge in [-0.3, -0.25) is 14.9 Å². The van der Waals surface area contributed by atoms with Gasteiger partial charge in [0.25, 0.3) is 5.91 Å². The van der Waals surface area contributed by atoms with Gasteiger partial charge < -0.3 is 13.7 Å². The van der Waals surface area contributed by atoms with Crippen molar-refractivity contribution >= 4 is 27.9 Å². The average Bonchev–Trinajstić information content (AvgIpc) is 3.02. The second-order valence-corrected chi connectivity index (χ2v) is 5.73. The summed E-state index contributed by atoms with van der Waals surface area (Å²) in [5.74, 6) is -0.880. The summed E-state index contributed by atoms with van der Waals surface area (Å²) in [5, 5.41) is 13.5. The maximum atomic E-state index is 11.6. The topological polar surface area (TPSA) is 164 Å². The summed E-state index contributed by atoms with van der Waals surface area (Å²) in [4.78, 5) is 21.7. The summed E-state index contributed by atoms with van der Waals surface area (Å²) in [6.45, 7) is -0.541. The summed E-state index contributed by atoms with van der Waals surface area (Å²) in [5.41, 5.74) is 1.76. The van der Waals surface area contributed by atoms with Crippen LogP contribution in [0.15, 0.2) is 51.0 Å². The molecule has 2 aromatic rings. The first-order valence-electron chi connectivity index (χ1n) is 6.51. The van der Waals surface area contributed by atoms with Crippen LogP contribution in [0.5, 0.6) is 5.75 Å². The standard InChI is InChI=1S/C13H11N3O8S/c17-12(8-23-11-4-2-1-3-10(11)16(18)19)15-14-7-9-5-6-13(24-9)25(20,21)22/h1-7H,8H2,(H,15,17)(H,20,21,22)/p-1. The van der Waals surface area contributed by atoms with E-state index in [4.69, 9.17) is 9.15 Å². The van der Waals surface area contributed by atoms with Gasteiger partial charge in [-0.1, -0.05) is 12.1 Å². The molecule has 0 radical (unpaired) electrons. The van der Waals surface area contributed by atoms with Crippen LogP contribution in [-0.4, -0.2) is 36.6 Å². The Kier molecular flexibility index (Phi) is 5.46. The number of carbonyl (C=O) groups excluding carboxylic acids is 1. The van der Waals surface area contributed by atoms with Crippen LogP contribution in [0.3, 0.4) is 0 Å². The molecule has 1 N–H and O–H groups in total. The first kappa shape index (κ1) is 18.1. The fourth-order valence-electron chi connectivity index (χ4n) is 1.61. The number of rotatable bonds is 7. The van der Waals surface area contributed by atoms with Gasteiger partial charge in [0.2, 0.25) is 5.09 Å². The van der Waals surface area contributed by atoms with Crippen LogP contribution in [0.1, 0.15) is 5.76 Å². The van der Waals surface area contributed by atoms with Gasteiger partial charge in [0.15, 0.2) is 22.5 Å². The van der Waals surface area contributed by atoms with Gasteiger partial charge in [-0.2, -0.15) is 5.10 Å². The van der Waals surface area contributed by atoms with E-state index in [1.54, 1.807) is 0 Å². The lowest BCUT2D eigenvalue weighted by Gasteiger charge is -2.05. The number of furan rings is 1. The second kappa shape index (κ2) is 7.55. The van der Waals surface area contributed by atoms with Crippen molar-refractivity contribution in [1.82, 2.24) is 5.43 Å². The summed E-state index contributed by atoms with van der Waals surface area (Å²) < 4.78 is 41.8. The molecule has 12 heteroatoms. The lowest BCUT2D eigenvalue weighted by molar-refractivity contribution is -0.385. The minimum Gasteiger partial charge on any atom is -0.742 e. The summed E-state index contributed by atoms with van der Waals surface area (Å²) in [6.07, 6.45) is 0.970. The number of ether oxygens (including phenoxy) is 1. The van der Waals surface area contributed by atoms with E-state index >= 15 is 0 Å². The quantitative estimate of drug-likeness (QED) is 0.321. The molecule has 1 heterocycles. The monoisotopic (exact) mass is 368 g/mol. The largest absolute Gasteiger partial charge is 0.742 e. The van der Waals surface area contributed by atoms with E-state index in [0.29, 0.717) is 0 Å². The molecule has 0 saturated carbocycles. The Hall–Kier alpha value is -3.25. The molecule has 2 rings (SSSR count). The summed E-state index contributed by atoms with van der Waals surface area (Å²) in [7, 11) is -4.71. The van der Waals surface area contributed by atoms with Gasteiger partial charge >= 0.3 is 5.69 Å². The Bertz CT molecular complexity index is 919. The number of nitro groups is 1. The molecular formula is C13H10N3O8S-. The summed E-state index contributed by atoms with van der Waals surface area (Å²) >= 11 is 0. The fraction of sp³-hybridized carbons (Fsp3) is 0.0769. The first-order valence-corrected chi connectivity index (χ1v) is 7.92. The molecule has 0 fully saturated rings. The van der Waals surface area contributed by atoms with Crippen molar-refractivity contribution in [3.63, 3.8) is 0 Å². The van der Waals surface area contributed by atoms with Crippen LogP contribution in [-0.2, 0) is 14.9 Å².